The van der Waals surface area contributed by atoms with E-state index in [2.05, 4.69) is 11.8 Å². The minimum atomic E-state index is 0.0943. The molecule has 1 heterocycles. The van der Waals surface area contributed by atoms with Crippen LogP contribution in [0.3, 0.4) is 0 Å². The van der Waals surface area contributed by atoms with Gasteiger partial charge in [0.05, 0.1) is 4.88 Å². The number of hydrogen-bond acceptors (Lipinski definition) is 3. The first-order chi connectivity index (χ1) is 6.24. The Labute approximate surface area is 81.8 Å². The molecule has 1 aromatic rings. The van der Waals surface area contributed by atoms with Gasteiger partial charge in [0.2, 0.25) is 0 Å². The number of Topliss-reactive ketones (excluding diaryl/α,β-unsaturated/α-hetero) is 1. The standard InChI is InChI=1S/C10H11NOS/c1-8(12)10-6-9(7-13-10)4-2-3-5-11/h6-7H,3,5,11H2,1H3. The highest BCUT2D eigenvalue weighted by molar-refractivity contribution is 7.12. The van der Waals surface area contributed by atoms with Crippen LogP contribution in [-0.2, 0) is 0 Å². The van der Waals surface area contributed by atoms with Gasteiger partial charge in [-0.2, -0.15) is 0 Å². The summed E-state index contributed by atoms with van der Waals surface area (Å²) >= 11 is 1.43. The minimum absolute atomic E-state index is 0.0943. The Morgan fingerprint density at radius 3 is 3.00 bits per heavy atom. The van der Waals surface area contributed by atoms with Gasteiger partial charge in [-0.15, -0.1) is 11.3 Å². The Balaban J connectivity index is 2.71. The SMILES string of the molecule is CC(=O)c1cc(C#CCCN)cs1. The maximum absolute atomic E-state index is 10.9. The van der Waals surface area contributed by atoms with E-state index >= 15 is 0 Å². The summed E-state index contributed by atoms with van der Waals surface area (Å²) in [6.07, 6.45) is 0.700. The highest BCUT2D eigenvalue weighted by Gasteiger charge is 2.01. The Bertz CT molecular complexity index is 356. The highest BCUT2D eigenvalue weighted by atomic mass is 32.1. The topological polar surface area (TPSA) is 43.1 Å². The zero-order valence-electron chi connectivity index (χ0n) is 7.46. The normalized spacial score (nSPS) is 9.08. The van der Waals surface area contributed by atoms with Crippen LogP contribution in [0.5, 0.6) is 0 Å². The number of hydrogen-bond donors (Lipinski definition) is 1. The van der Waals surface area contributed by atoms with E-state index in [1.165, 1.54) is 11.3 Å². The van der Waals surface area contributed by atoms with Gasteiger partial charge in [-0.3, -0.25) is 4.79 Å². The number of nitrogens with two attached hydrogens (primary N) is 1. The number of carbonyl (C=O) groups is 1. The minimum Gasteiger partial charge on any atom is -0.330 e. The molecular weight excluding hydrogens is 182 g/mol. The van der Waals surface area contributed by atoms with Crippen molar-refractivity contribution in [2.75, 3.05) is 6.54 Å². The fourth-order valence-corrected chi connectivity index (χ4v) is 1.57. The summed E-state index contributed by atoms with van der Waals surface area (Å²) in [6, 6.07) is 1.82. The third kappa shape index (κ3) is 3.02. The van der Waals surface area contributed by atoms with Crippen LogP contribution in [0.4, 0.5) is 0 Å². The molecule has 13 heavy (non-hydrogen) atoms. The molecule has 0 radical (unpaired) electrons. The molecule has 1 rings (SSSR count). The third-order valence-corrected chi connectivity index (χ3v) is 2.48. The zero-order valence-corrected chi connectivity index (χ0v) is 8.28. The van der Waals surface area contributed by atoms with E-state index in [9.17, 15) is 4.79 Å². The molecule has 0 aliphatic rings. The predicted octanol–water partition coefficient (Wildman–Crippen LogP) is 1.65. The van der Waals surface area contributed by atoms with Gasteiger partial charge in [0, 0.05) is 23.9 Å². The Morgan fingerprint density at radius 1 is 1.69 bits per heavy atom. The smallest absolute Gasteiger partial charge is 0.169 e. The molecule has 0 bridgehead atoms. The van der Waals surface area contributed by atoms with E-state index < -0.39 is 0 Å². The fourth-order valence-electron chi connectivity index (χ4n) is 0.823. The summed E-state index contributed by atoms with van der Waals surface area (Å²) in [5.41, 5.74) is 6.20. The van der Waals surface area contributed by atoms with Crippen LogP contribution >= 0.6 is 11.3 Å². The molecule has 0 aliphatic carbocycles. The van der Waals surface area contributed by atoms with E-state index in [0.717, 1.165) is 10.4 Å². The number of ketones is 1. The highest BCUT2D eigenvalue weighted by Crippen LogP contribution is 2.13. The van der Waals surface area contributed by atoms with Crippen LogP contribution < -0.4 is 5.73 Å². The molecule has 0 unspecified atom stereocenters. The molecule has 0 aliphatic heterocycles. The lowest BCUT2D eigenvalue weighted by Gasteiger charge is -1.81. The van der Waals surface area contributed by atoms with E-state index in [1.807, 2.05) is 11.4 Å². The molecule has 1 aromatic heterocycles. The van der Waals surface area contributed by atoms with Crippen LogP contribution in [0.15, 0.2) is 11.4 Å². The molecule has 0 saturated carbocycles. The van der Waals surface area contributed by atoms with Gasteiger partial charge in [-0.05, 0) is 13.0 Å². The monoisotopic (exact) mass is 193 g/mol. The van der Waals surface area contributed by atoms with Gasteiger partial charge < -0.3 is 5.73 Å². The maximum Gasteiger partial charge on any atom is 0.169 e. The molecule has 3 heteroatoms. The summed E-state index contributed by atoms with van der Waals surface area (Å²) < 4.78 is 0. The molecular formula is C10H11NOS. The van der Waals surface area contributed by atoms with Gasteiger partial charge in [0.1, 0.15) is 0 Å². The quantitative estimate of drug-likeness (QED) is 0.573. The van der Waals surface area contributed by atoms with Crippen LogP contribution in [0, 0.1) is 11.8 Å². The van der Waals surface area contributed by atoms with Gasteiger partial charge in [0.25, 0.3) is 0 Å². The van der Waals surface area contributed by atoms with Crippen molar-refractivity contribution in [2.45, 2.75) is 13.3 Å². The van der Waals surface area contributed by atoms with Crippen molar-refractivity contribution in [1.82, 2.24) is 0 Å². The molecule has 0 fully saturated rings. The Hall–Kier alpha value is -1.11. The number of carbonyl (C=O) groups excluding carboxylic acids is 1. The first-order valence-electron chi connectivity index (χ1n) is 4.02. The summed E-state index contributed by atoms with van der Waals surface area (Å²) in [6.45, 7) is 2.14. The Morgan fingerprint density at radius 2 is 2.46 bits per heavy atom. The van der Waals surface area contributed by atoms with E-state index in [1.54, 1.807) is 6.92 Å². The van der Waals surface area contributed by atoms with Gasteiger partial charge >= 0.3 is 0 Å². The largest absolute Gasteiger partial charge is 0.330 e. The maximum atomic E-state index is 10.9. The van der Waals surface area contributed by atoms with Gasteiger partial charge in [-0.25, -0.2) is 0 Å². The molecule has 0 aromatic carbocycles. The average molecular weight is 193 g/mol. The second kappa shape index (κ2) is 4.80. The lowest BCUT2D eigenvalue weighted by Crippen LogP contribution is -1.95. The molecule has 0 amide bonds. The summed E-state index contributed by atoms with van der Waals surface area (Å²) in [7, 11) is 0. The summed E-state index contributed by atoms with van der Waals surface area (Å²) in [5, 5.41) is 1.89. The molecule has 0 spiro atoms. The first-order valence-corrected chi connectivity index (χ1v) is 4.90. The lowest BCUT2D eigenvalue weighted by molar-refractivity contribution is 0.102. The molecule has 68 valence electrons. The van der Waals surface area contributed by atoms with Crippen molar-refractivity contribution in [3.8, 4) is 11.8 Å². The molecule has 0 atom stereocenters. The first kappa shape index (κ1) is 9.97. The second-order valence-corrected chi connectivity index (χ2v) is 3.51. The second-order valence-electron chi connectivity index (χ2n) is 2.60. The average Bonchev–Trinajstić information content (AvgIpc) is 2.53. The number of thiophene rings is 1. The van der Waals surface area contributed by atoms with E-state index in [0.29, 0.717) is 13.0 Å². The van der Waals surface area contributed by atoms with Gasteiger partial charge in [0.15, 0.2) is 5.78 Å². The summed E-state index contributed by atoms with van der Waals surface area (Å²) in [5.74, 6) is 5.97. The zero-order chi connectivity index (χ0) is 9.68. The molecule has 2 N–H and O–H groups in total. The van der Waals surface area contributed by atoms with E-state index in [-0.39, 0.29) is 5.78 Å². The Kier molecular flexibility index (Phi) is 3.69. The predicted molar refractivity (Wildman–Crippen MR) is 54.9 cm³/mol. The van der Waals surface area contributed by atoms with Crippen LogP contribution in [0.2, 0.25) is 0 Å². The van der Waals surface area contributed by atoms with Crippen LogP contribution in [0.25, 0.3) is 0 Å². The number of rotatable bonds is 2. The van der Waals surface area contributed by atoms with Gasteiger partial charge in [-0.1, -0.05) is 11.8 Å². The van der Waals surface area contributed by atoms with Crippen molar-refractivity contribution < 1.29 is 4.79 Å². The summed E-state index contributed by atoms with van der Waals surface area (Å²) in [4.78, 5) is 11.7. The molecule has 2 nitrogen and oxygen atoms in total. The van der Waals surface area contributed by atoms with Crippen molar-refractivity contribution in [2.24, 2.45) is 5.73 Å². The van der Waals surface area contributed by atoms with Crippen molar-refractivity contribution >= 4 is 17.1 Å². The lowest BCUT2D eigenvalue weighted by atomic mass is 10.2. The van der Waals surface area contributed by atoms with Crippen LogP contribution in [0.1, 0.15) is 28.6 Å². The third-order valence-electron chi connectivity index (χ3n) is 1.45. The fraction of sp³-hybridized carbons (Fsp3) is 0.300. The van der Waals surface area contributed by atoms with E-state index in [4.69, 9.17) is 5.73 Å². The van der Waals surface area contributed by atoms with Crippen LogP contribution in [-0.4, -0.2) is 12.3 Å². The van der Waals surface area contributed by atoms with Crippen molar-refractivity contribution in [1.29, 1.82) is 0 Å². The molecule has 0 saturated heterocycles. The van der Waals surface area contributed by atoms with Crippen molar-refractivity contribution in [3.05, 3.63) is 21.9 Å². The van der Waals surface area contributed by atoms with Crippen molar-refractivity contribution in [3.63, 3.8) is 0 Å².